The Morgan fingerprint density at radius 1 is 1.04 bits per heavy atom. The molecule has 0 saturated heterocycles. The summed E-state index contributed by atoms with van der Waals surface area (Å²) in [4.78, 5) is 22.2. The summed E-state index contributed by atoms with van der Waals surface area (Å²) < 4.78 is 2.60. The van der Waals surface area contributed by atoms with E-state index in [0.717, 1.165) is 31.7 Å². The number of aromatic nitrogens is 3. The average molecular weight is 426 g/mol. The zero-order chi connectivity index (χ0) is 18.1. The lowest BCUT2D eigenvalue weighted by molar-refractivity contribution is 0.634. The summed E-state index contributed by atoms with van der Waals surface area (Å²) in [6, 6.07) is 17.8. The third-order valence-corrected chi connectivity index (χ3v) is 5.71. The van der Waals surface area contributed by atoms with Crippen LogP contribution in [0.2, 0.25) is 0 Å². The summed E-state index contributed by atoms with van der Waals surface area (Å²) >= 11 is 4.97. The Labute approximate surface area is 163 Å². The topological polar surface area (TPSA) is 47.8 Å². The molecule has 4 aromatic rings. The molecule has 0 aliphatic heterocycles. The number of rotatable bonds is 4. The Balaban J connectivity index is 1.69. The van der Waals surface area contributed by atoms with Gasteiger partial charge in [0.05, 0.1) is 22.1 Å². The van der Waals surface area contributed by atoms with Crippen LogP contribution in [-0.4, -0.2) is 14.5 Å². The summed E-state index contributed by atoms with van der Waals surface area (Å²) in [5.41, 5.74) is 2.67. The molecule has 0 N–H and O–H groups in total. The van der Waals surface area contributed by atoms with Gasteiger partial charge in [-0.15, -0.1) is 0 Å². The third-order valence-electron chi connectivity index (χ3n) is 4.20. The van der Waals surface area contributed by atoms with E-state index in [2.05, 4.69) is 28.1 Å². The van der Waals surface area contributed by atoms with Gasteiger partial charge in [-0.25, -0.2) is 4.98 Å². The quantitative estimate of drug-likeness (QED) is 0.340. The van der Waals surface area contributed by atoms with Gasteiger partial charge in [0.25, 0.3) is 5.56 Å². The van der Waals surface area contributed by atoms with E-state index < -0.39 is 0 Å². The molecule has 4 rings (SSSR count). The Hall–Kier alpha value is -2.18. The maximum absolute atomic E-state index is 12.8. The van der Waals surface area contributed by atoms with Crippen LogP contribution in [0.25, 0.3) is 21.8 Å². The SMILES string of the molecule is CCn1c(SCc2ccc3ccccc3n2)nc2ccc(Br)cc2c1=O. The average Bonchev–Trinajstić information content (AvgIpc) is 2.67. The lowest BCUT2D eigenvalue weighted by Gasteiger charge is -2.11. The predicted molar refractivity (Wildman–Crippen MR) is 111 cm³/mol. The Morgan fingerprint density at radius 3 is 2.73 bits per heavy atom. The van der Waals surface area contributed by atoms with Crippen LogP contribution >= 0.6 is 27.7 Å². The molecule has 0 radical (unpaired) electrons. The van der Waals surface area contributed by atoms with E-state index in [1.807, 2.05) is 49.4 Å². The lowest BCUT2D eigenvalue weighted by atomic mass is 10.2. The van der Waals surface area contributed by atoms with Gasteiger partial charge in [-0.1, -0.05) is 52.0 Å². The number of halogens is 1. The smallest absolute Gasteiger partial charge is 0.262 e. The van der Waals surface area contributed by atoms with Gasteiger partial charge < -0.3 is 0 Å². The second-order valence-corrected chi connectivity index (χ2v) is 7.75. The van der Waals surface area contributed by atoms with Crippen LogP contribution in [0.4, 0.5) is 0 Å². The van der Waals surface area contributed by atoms with Gasteiger partial charge in [-0.2, -0.15) is 0 Å². The van der Waals surface area contributed by atoms with Crippen molar-refractivity contribution in [2.75, 3.05) is 0 Å². The van der Waals surface area contributed by atoms with E-state index in [-0.39, 0.29) is 5.56 Å². The highest BCUT2D eigenvalue weighted by Gasteiger charge is 2.11. The van der Waals surface area contributed by atoms with E-state index >= 15 is 0 Å². The molecular weight excluding hydrogens is 410 g/mol. The maximum Gasteiger partial charge on any atom is 0.262 e. The molecule has 6 heteroatoms. The van der Waals surface area contributed by atoms with Gasteiger partial charge in [0.1, 0.15) is 0 Å². The van der Waals surface area contributed by atoms with Crippen LogP contribution in [-0.2, 0) is 12.3 Å². The monoisotopic (exact) mass is 425 g/mol. The molecule has 0 atom stereocenters. The number of hydrogen-bond donors (Lipinski definition) is 0. The van der Waals surface area contributed by atoms with Crippen LogP contribution in [0.3, 0.4) is 0 Å². The second kappa shape index (κ2) is 7.21. The van der Waals surface area contributed by atoms with Crippen molar-refractivity contribution in [2.45, 2.75) is 24.4 Å². The molecule has 0 amide bonds. The molecule has 0 aliphatic carbocycles. The van der Waals surface area contributed by atoms with Crippen molar-refractivity contribution in [1.82, 2.24) is 14.5 Å². The first kappa shape index (κ1) is 17.2. The van der Waals surface area contributed by atoms with Gasteiger partial charge in [-0.05, 0) is 37.3 Å². The van der Waals surface area contributed by atoms with Crippen LogP contribution in [0.15, 0.2) is 69.0 Å². The van der Waals surface area contributed by atoms with Crippen LogP contribution < -0.4 is 5.56 Å². The highest BCUT2D eigenvalue weighted by atomic mass is 79.9. The van der Waals surface area contributed by atoms with Crippen molar-refractivity contribution in [3.05, 3.63) is 75.1 Å². The lowest BCUT2D eigenvalue weighted by Crippen LogP contribution is -2.22. The normalized spacial score (nSPS) is 11.3. The fourth-order valence-corrected chi connectivity index (χ4v) is 4.22. The van der Waals surface area contributed by atoms with Crippen LogP contribution in [0.1, 0.15) is 12.6 Å². The Kier molecular flexibility index (Phi) is 4.78. The van der Waals surface area contributed by atoms with Gasteiger partial charge >= 0.3 is 0 Å². The van der Waals surface area contributed by atoms with Gasteiger partial charge in [-0.3, -0.25) is 14.3 Å². The van der Waals surface area contributed by atoms with Crippen LogP contribution in [0.5, 0.6) is 0 Å². The molecule has 130 valence electrons. The molecule has 0 saturated carbocycles. The summed E-state index contributed by atoms with van der Waals surface area (Å²) in [5.74, 6) is 0.666. The molecule has 26 heavy (non-hydrogen) atoms. The van der Waals surface area contributed by atoms with E-state index in [4.69, 9.17) is 9.97 Å². The number of pyridine rings is 1. The number of benzene rings is 2. The minimum atomic E-state index is -0.00669. The minimum Gasteiger partial charge on any atom is -0.287 e. The first-order chi connectivity index (χ1) is 12.7. The van der Waals surface area contributed by atoms with E-state index in [0.29, 0.717) is 17.7 Å². The molecule has 0 spiro atoms. The Bertz CT molecular complexity index is 1170. The Morgan fingerprint density at radius 2 is 1.88 bits per heavy atom. The summed E-state index contributed by atoms with van der Waals surface area (Å²) in [6.45, 7) is 2.55. The molecule has 0 aliphatic rings. The number of nitrogens with zero attached hydrogens (tertiary/aromatic N) is 3. The summed E-state index contributed by atoms with van der Waals surface area (Å²) in [7, 11) is 0. The first-order valence-electron chi connectivity index (χ1n) is 8.33. The van der Waals surface area contributed by atoms with E-state index in [9.17, 15) is 4.79 Å². The minimum absolute atomic E-state index is 0.00669. The van der Waals surface area contributed by atoms with Crippen molar-refractivity contribution in [2.24, 2.45) is 0 Å². The van der Waals surface area contributed by atoms with Gasteiger partial charge in [0.2, 0.25) is 0 Å². The predicted octanol–water partition coefficient (Wildman–Crippen LogP) is 5.02. The molecule has 2 aromatic heterocycles. The molecule has 4 nitrogen and oxygen atoms in total. The van der Waals surface area contributed by atoms with Crippen molar-refractivity contribution in [3.63, 3.8) is 0 Å². The van der Waals surface area contributed by atoms with E-state index in [1.54, 1.807) is 16.3 Å². The highest BCUT2D eigenvalue weighted by molar-refractivity contribution is 9.10. The molecule has 0 fully saturated rings. The van der Waals surface area contributed by atoms with Crippen molar-refractivity contribution >= 4 is 49.5 Å². The van der Waals surface area contributed by atoms with E-state index in [1.165, 1.54) is 0 Å². The highest BCUT2D eigenvalue weighted by Crippen LogP contribution is 2.24. The standard InChI is InChI=1S/C20H16BrN3OS/c1-2-24-19(25)16-11-14(21)8-10-18(16)23-20(24)26-12-15-9-7-13-5-3-4-6-17(13)22-15/h3-11H,2,12H2,1H3. The number of hydrogen-bond acceptors (Lipinski definition) is 4. The molecular formula is C20H16BrN3OS. The van der Waals surface area contributed by atoms with Gasteiger partial charge in [0.15, 0.2) is 5.16 Å². The maximum atomic E-state index is 12.8. The molecule has 0 bridgehead atoms. The summed E-state index contributed by atoms with van der Waals surface area (Å²) in [6.07, 6.45) is 0. The molecule has 0 unspecified atom stereocenters. The number of fused-ring (bicyclic) bond motifs is 2. The fourth-order valence-electron chi connectivity index (χ4n) is 2.89. The number of para-hydroxylation sites is 1. The molecule has 2 heterocycles. The zero-order valence-electron chi connectivity index (χ0n) is 14.1. The van der Waals surface area contributed by atoms with Crippen molar-refractivity contribution < 1.29 is 0 Å². The second-order valence-electron chi connectivity index (χ2n) is 5.89. The number of thioether (sulfide) groups is 1. The third kappa shape index (κ3) is 3.27. The van der Waals surface area contributed by atoms with Crippen molar-refractivity contribution in [1.29, 1.82) is 0 Å². The largest absolute Gasteiger partial charge is 0.287 e. The fraction of sp³-hybridized carbons (Fsp3) is 0.150. The van der Waals surface area contributed by atoms with Gasteiger partial charge in [0, 0.05) is 22.2 Å². The van der Waals surface area contributed by atoms with Crippen LogP contribution in [0, 0.1) is 0 Å². The summed E-state index contributed by atoms with van der Waals surface area (Å²) in [5, 5.41) is 2.48. The zero-order valence-corrected chi connectivity index (χ0v) is 16.5. The molecule has 2 aromatic carbocycles. The first-order valence-corrected chi connectivity index (χ1v) is 10.1. The van der Waals surface area contributed by atoms with Crippen molar-refractivity contribution in [3.8, 4) is 0 Å².